The molecule has 0 fully saturated rings. The molecule has 0 aliphatic rings. The third kappa shape index (κ3) is 4.17. The smallest absolute Gasteiger partial charge is 0.337 e. The molecule has 6 nitrogen and oxygen atoms in total. The monoisotopic (exact) mass is 292 g/mol. The lowest BCUT2D eigenvalue weighted by Crippen LogP contribution is -2.30. The van der Waals surface area contributed by atoms with Crippen molar-refractivity contribution in [2.24, 2.45) is 0 Å². The fourth-order valence-electron chi connectivity index (χ4n) is 1.18. The molecule has 18 heavy (non-hydrogen) atoms. The molecule has 0 aliphatic carbocycles. The van der Waals surface area contributed by atoms with Crippen molar-refractivity contribution in [3.63, 3.8) is 0 Å². The number of aromatic carboxylic acids is 1. The summed E-state index contributed by atoms with van der Waals surface area (Å²) in [6.07, 6.45) is 0.655. The van der Waals surface area contributed by atoms with E-state index in [4.69, 9.17) is 16.7 Å². The summed E-state index contributed by atoms with van der Waals surface area (Å²) >= 11 is 5.67. The second kappa shape index (κ2) is 6.03. The molecule has 0 aromatic heterocycles. The number of hydrogen-bond acceptors (Lipinski definition) is 3. The van der Waals surface area contributed by atoms with Crippen LogP contribution in [0.4, 0.5) is 5.69 Å². The summed E-state index contributed by atoms with van der Waals surface area (Å²) in [4.78, 5) is 10.8. The Kier molecular flexibility index (Phi) is 4.94. The molecule has 0 saturated heterocycles. The van der Waals surface area contributed by atoms with E-state index in [2.05, 4.69) is 9.44 Å². The van der Waals surface area contributed by atoms with E-state index < -0.39 is 16.2 Å². The Morgan fingerprint density at radius 2 is 2.11 bits per heavy atom. The minimum atomic E-state index is -3.69. The zero-order chi connectivity index (χ0) is 13.8. The lowest BCUT2D eigenvalue weighted by molar-refractivity contribution is 0.0697. The van der Waals surface area contributed by atoms with Crippen LogP contribution in [0, 0.1) is 0 Å². The third-order valence-electron chi connectivity index (χ3n) is 1.99. The molecule has 3 N–H and O–H groups in total. The standard InChI is InChI=1S/C10H13ClN2O4S/c1-2-5-12-18(16,17)13-7-3-4-9(11)8(6-7)10(14)15/h3-4,6,12-13H,2,5H2,1H3,(H,14,15). The van der Waals surface area contributed by atoms with Crippen molar-refractivity contribution in [2.45, 2.75) is 13.3 Å². The maximum Gasteiger partial charge on any atom is 0.337 e. The molecule has 1 rings (SSSR count). The zero-order valence-corrected chi connectivity index (χ0v) is 11.2. The van der Waals surface area contributed by atoms with Crippen LogP contribution in [-0.4, -0.2) is 26.0 Å². The Morgan fingerprint density at radius 1 is 1.44 bits per heavy atom. The van der Waals surface area contributed by atoms with Crippen LogP contribution < -0.4 is 9.44 Å². The largest absolute Gasteiger partial charge is 0.478 e. The van der Waals surface area contributed by atoms with E-state index in [1.165, 1.54) is 12.1 Å². The lowest BCUT2D eigenvalue weighted by atomic mass is 10.2. The van der Waals surface area contributed by atoms with Gasteiger partial charge in [-0.3, -0.25) is 4.72 Å². The second-order valence-corrected chi connectivity index (χ2v) is 5.41. The molecule has 0 atom stereocenters. The van der Waals surface area contributed by atoms with Crippen LogP contribution in [-0.2, 0) is 10.2 Å². The first kappa shape index (κ1) is 14.7. The molecule has 8 heteroatoms. The van der Waals surface area contributed by atoms with Crippen molar-refractivity contribution >= 4 is 33.5 Å². The third-order valence-corrected chi connectivity index (χ3v) is 3.41. The highest BCUT2D eigenvalue weighted by atomic mass is 35.5. The van der Waals surface area contributed by atoms with Crippen LogP contribution in [0.25, 0.3) is 0 Å². The van der Waals surface area contributed by atoms with E-state index in [0.717, 1.165) is 6.07 Å². The Bertz CT molecular complexity index is 545. The molecule has 0 spiro atoms. The first-order chi connectivity index (χ1) is 8.35. The summed E-state index contributed by atoms with van der Waals surface area (Å²) in [5.41, 5.74) is -0.0206. The van der Waals surface area contributed by atoms with Gasteiger partial charge in [-0.2, -0.15) is 13.1 Å². The van der Waals surface area contributed by atoms with Gasteiger partial charge in [-0.1, -0.05) is 18.5 Å². The molecule has 1 aromatic rings. The second-order valence-electron chi connectivity index (χ2n) is 3.50. The topological polar surface area (TPSA) is 95.5 Å². The quantitative estimate of drug-likeness (QED) is 0.743. The van der Waals surface area contributed by atoms with E-state index in [0.29, 0.717) is 13.0 Å². The summed E-state index contributed by atoms with van der Waals surface area (Å²) in [6.45, 7) is 2.13. The van der Waals surface area contributed by atoms with Crippen LogP contribution in [0.5, 0.6) is 0 Å². The van der Waals surface area contributed by atoms with Crippen LogP contribution in [0.2, 0.25) is 5.02 Å². The minimum absolute atomic E-state index is 0.0481. The predicted molar refractivity (Wildman–Crippen MR) is 69.2 cm³/mol. The number of anilines is 1. The van der Waals surface area contributed by atoms with Gasteiger partial charge < -0.3 is 5.11 Å². The van der Waals surface area contributed by atoms with Crippen molar-refractivity contribution < 1.29 is 18.3 Å². The minimum Gasteiger partial charge on any atom is -0.478 e. The predicted octanol–water partition coefficient (Wildman–Crippen LogP) is 1.69. The molecule has 0 aliphatic heterocycles. The Labute approximate surface area is 110 Å². The highest BCUT2D eigenvalue weighted by Gasteiger charge is 2.13. The van der Waals surface area contributed by atoms with Crippen molar-refractivity contribution in [3.8, 4) is 0 Å². The number of halogens is 1. The Balaban J connectivity index is 2.92. The average Bonchev–Trinajstić information content (AvgIpc) is 2.28. The van der Waals surface area contributed by atoms with Crippen LogP contribution in [0.15, 0.2) is 18.2 Å². The van der Waals surface area contributed by atoms with E-state index in [9.17, 15) is 13.2 Å². The molecule has 0 saturated carbocycles. The molecule has 1 aromatic carbocycles. The number of carboxylic acid groups (broad SMARTS) is 1. The van der Waals surface area contributed by atoms with Gasteiger partial charge in [0.25, 0.3) is 10.2 Å². The van der Waals surface area contributed by atoms with E-state index in [1.54, 1.807) is 0 Å². The summed E-state index contributed by atoms with van der Waals surface area (Å²) in [7, 11) is -3.69. The zero-order valence-electron chi connectivity index (χ0n) is 9.60. The van der Waals surface area contributed by atoms with E-state index >= 15 is 0 Å². The molecular formula is C10H13ClN2O4S. The molecule has 0 bridgehead atoms. The van der Waals surface area contributed by atoms with Gasteiger partial charge in [0.2, 0.25) is 0 Å². The van der Waals surface area contributed by atoms with Crippen molar-refractivity contribution in [2.75, 3.05) is 11.3 Å². The fourth-order valence-corrected chi connectivity index (χ4v) is 2.36. The summed E-state index contributed by atoms with van der Waals surface area (Å²) in [5.74, 6) is -1.22. The van der Waals surface area contributed by atoms with Crippen molar-refractivity contribution in [3.05, 3.63) is 28.8 Å². The normalized spacial score (nSPS) is 11.2. The Morgan fingerprint density at radius 3 is 2.67 bits per heavy atom. The van der Waals surface area contributed by atoms with E-state index in [-0.39, 0.29) is 16.3 Å². The lowest BCUT2D eigenvalue weighted by Gasteiger charge is -2.09. The molecular weight excluding hydrogens is 280 g/mol. The molecule has 0 unspecified atom stereocenters. The van der Waals surface area contributed by atoms with E-state index in [1.807, 2.05) is 6.92 Å². The fraction of sp³-hybridized carbons (Fsp3) is 0.300. The van der Waals surface area contributed by atoms with Gasteiger partial charge in [0, 0.05) is 6.54 Å². The summed E-state index contributed by atoms with van der Waals surface area (Å²) < 4.78 is 27.6. The van der Waals surface area contributed by atoms with Crippen molar-refractivity contribution in [1.82, 2.24) is 4.72 Å². The first-order valence-electron chi connectivity index (χ1n) is 5.16. The Hall–Kier alpha value is -1.31. The molecule has 0 radical (unpaired) electrons. The summed E-state index contributed by atoms with van der Waals surface area (Å²) in [6, 6.07) is 3.87. The number of carboxylic acids is 1. The van der Waals surface area contributed by atoms with Gasteiger partial charge in [0.15, 0.2) is 0 Å². The van der Waals surface area contributed by atoms with Crippen LogP contribution in [0.3, 0.4) is 0 Å². The highest BCUT2D eigenvalue weighted by Crippen LogP contribution is 2.21. The maximum absolute atomic E-state index is 11.5. The SMILES string of the molecule is CCCNS(=O)(=O)Nc1ccc(Cl)c(C(=O)O)c1. The van der Waals surface area contributed by atoms with Crippen LogP contribution >= 0.6 is 11.6 Å². The molecule has 0 amide bonds. The molecule has 0 heterocycles. The van der Waals surface area contributed by atoms with Gasteiger partial charge in [-0.15, -0.1) is 0 Å². The number of hydrogen-bond donors (Lipinski definition) is 3. The van der Waals surface area contributed by atoms with Gasteiger partial charge in [-0.25, -0.2) is 4.79 Å². The number of nitrogens with one attached hydrogen (secondary N) is 2. The highest BCUT2D eigenvalue weighted by molar-refractivity contribution is 7.90. The van der Waals surface area contributed by atoms with Crippen molar-refractivity contribution in [1.29, 1.82) is 0 Å². The molecule has 100 valence electrons. The number of benzene rings is 1. The summed E-state index contributed by atoms with van der Waals surface area (Å²) in [5, 5.41) is 8.90. The van der Waals surface area contributed by atoms with Crippen LogP contribution in [0.1, 0.15) is 23.7 Å². The van der Waals surface area contributed by atoms with Gasteiger partial charge in [0.05, 0.1) is 16.3 Å². The number of rotatable bonds is 6. The van der Waals surface area contributed by atoms with Gasteiger partial charge in [0.1, 0.15) is 0 Å². The van der Waals surface area contributed by atoms with Gasteiger partial charge in [-0.05, 0) is 24.6 Å². The first-order valence-corrected chi connectivity index (χ1v) is 7.02. The number of carbonyl (C=O) groups is 1. The maximum atomic E-state index is 11.5. The van der Waals surface area contributed by atoms with Gasteiger partial charge >= 0.3 is 5.97 Å². The average molecular weight is 293 g/mol.